The van der Waals surface area contributed by atoms with E-state index in [2.05, 4.69) is 5.32 Å². The van der Waals surface area contributed by atoms with Gasteiger partial charge in [0.05, 0.1) is 13.7 Å². The zero-order chi connectivity index (χ0) is 20.7. The van der Waals surface area contributed by atoms with Crippen LogP contribution in [-0.2, 0) is 14.3 Å². The minimum absolute atomic E-state index is 0.0131. The Kier molecular flexibility index (Phi) is 7.80. The van der Waals surface area contributed by atoms with Gasteiger partial charge in [-0.2, -0.15) is 0 Å². The second kappa shape index (κ2) is 10.1. The van der Waals surface area contributed by atoms with Crippen LogP contribution in [0.15, 0.2) is 18.2 Å². The van der Waals surface area contributed by atoms with Crippen LogP contribution in [0.1, 0.15) is 18.1 Å². The van der Waals surface area contributed by atoms with Gasteiger partial charge in [0.25, 0.3) is 11.8 Å². The third-order valence-electron chi connectivity index (χ3n) is 4.82. The van der Waals surface area contributed by atoms with E-state index in [-0.39, 0.29) is 31.0 Å². The first-order valence-corrected chi connectivity index (χ1v) is 9.68. The third-order valence-corrected chi connectivity index (χ3v) is 4.82. The number of benzene rings is 1. The first kappa shape index (κ1) is 21.7. The van der Waals surface area contributed by atoms with Crippen molar-refractivity contribution in [3.63, 3.8) is 0 Å². The summed E-state index contributed by atoms with van der Waals surface area (Å²) in [6.45, 7) is 8.38. The molecule has 2 rings (SSSR count). The van der Waals surface area contributed by atoms with E-state index in [1.807, 2.05) is 39.1 Å². The summed E-state index contributed by atoms with van der Waals surface area (Å²) in [6.07, 6.45) is -0.333. The molecule has 0 bridgehead atoms. The Morgan fingerprint density at radius 3 is 2.18 bits per heavy atom. The maximum Gasteiger partial charge on any atom is 0.409 e. The number of nitrogens with one attached hydrogen (secondary N) is 2. The highest BCUT2D eigenvalue weighted by atomic mass is 16.6. The lowest BCUT2D eigenvalue weighted by molar-refractivity contribution is -0.862. The zero-order valence-electron chi connectivity index (χ0n) is 17.2. The Hall–Kier alpha value is -2.61. The summed E-state index contributed by atoms with van der Waals surface area (Å²) < 4.78 is 4.99. The van der Waals surface area contributed by atoms with E-state index in [1.54, 1.807) is 16.7 Å². The number of nitrogens with zero attached hydrogens (tertiary/aromatic N) is 2. The van der Waals surface area contributed by atoms with Gasteiger partial charge < -0.3 is 24.8 Å². The van der Waals surface area contributed by atoms with Crippen LogP contribution >= 0.6 is 0 Å². The normalized spacial score (nSPS) is 15.1. The standard InChI is InChI=1S/C20H30N4O4/c1-5-28-20(27)24-11-9-23(10-12-24)18(26)14-22(4)13-17(25)21-19-15(2)7-6-8-16(19)3/h6-8H,5,9-14H2,1-4H3,(H,21,25)/p+1. The lowest BCUT2D eigenvalue weighted by atomic mass is 10.1. The van der Waals surface area contributed by atoms with E-state index in [0.717, 1.165) is 21.7 Å². The second-order valence-electron chi connectivity index (χ2n) is 7.19. The number of hydrogen-bond acceptors (Lipinski definition) is 4. The van der Waals surface area contributed by atoms with E-state index in [4.69, 9.17) is 4.74 Å². The largest absolute Gasteiger partial charge is 0.450 e. The summed E-state index contributed by atoms with van der Waals surface area (Å²) in [4.78, 5) is 40.7. The highest BCUT2D eigenvalue weighted by Gasteiger charge is 2.26. The molecule has 1 fully saturated rings. The fourth-order valence-electron chi connectivity index (χ4n) is 3.25. The Balaban J connectivity index is 1.78. The fourth-order valence-corrected chi connectivity index (χ4v) is 3.25. The first-order valence-electron chi connectivity index (χ1n) is 9.68. The van der Waals surface area contributed by atoms with Crippen LogP contribution in [-0.4, -0.2) is 80.6 Å². The average molecular weight is 391 g/mol. The Morgan fingerprint density at radius 1 is 1.04 bits per heavy atom. The Bertz CT molecular complexity index is 694. The minimum Gasteiger partial charge on any atom is -0.450 e. The van der Waals surface area contributed by atoms with Gasteiger partial charge in [0.2, 0.25) is 0 Å². The maximum atomic E-state index is 12.5. The number of likely N-dealkylation sites (N-methyl/N-ethyl adjacent to an activating group) is 1. The number of quaternary nitrogens is 1. The molecule has 0 spiro atoms. The van der Waals surface area contributed by atoms with Crippen molar-refractivity contribution in [2.45, 2.75) is 20.8 Å². The van der Waals surface area contributed by atoms with Gasteiger partial charge in [-0.3, -0.25) is 9.59 Å². The molecule has 0 aromatic heterocycles. The van der Waals surface area contributed by atoms with Gasteiger partial charge in [0.15, 0.2) is 13.1 Å². The number of hydrogen-bond donors (Lipinski definition) is 2. The number of para-hydroxylation sites is 1. The van der Waals surface area contributed by atoms with Gasteiger partial charge in [-0.05, 0) is 31.9 Å². The highest BCUT2D eigenvalue weighted by Crippen LogP contribution is 2.18. The van der Waals surface area contributed by atoms with Crippen LogP contribution in [0.2, 0.25) is 0 Å². The molecular weight excluding hydrogens is 360 g/mol. The smallest absolute Gasteiger partial charge is 0.409 e. The van der Waals surface area contributed by atoms with E-state index >= 15 is 0 Å². The second-order valence-corrected chi connectivity index (χ2v) is 7.19. The Labute approximate surface area is 166 Å². The summed E-state index contributed by atoms with van der Waals surface area (Å²) in [5.74, 6) is -0.129. The van der Waals surface area contributed by atoms with Crippen LogP contribution in [0.3, 0.4) is 0 Å². The van der Waals surface area contributed by atoms with Crippen molar-refractivity contribution >= 4 is 23.6 Å². The van der Waals surface area contributed by atoms with E-state index < -0.39 is 0 Å². The fraction of sp³-hybridized carbons (Fsp3) is 0.550. The van der Waals surface area contributed by atoms with Crippen LogP contribution in [0, 0.1) is 13.8 Å². The molecule has 0 saturated carbocycles. The van der Waals surface area contributed by atoms with E-state index in [1.165, 1.54) is 0 Å². The van der Waals surface area contributed by atoms with E-state index in [0.29, 0.717) is 32.8 Å². The van der Waals surface area contributed by atoms with Gasteiger partial charge in [0.1, 0.15) is 0 Å². The number of amides is 3. The summed E-state index contributed by atoms with van der Waals surface area (Å²) in [5, 5.41) is 2.95. The molecule has 1 aliphatic heterocycles. The lowest BCUT2D eigenvalue weighted by Crippen LogP contribution is -3.11. The number of rotatable bonds is 6. The summed E-state index contributed by atoms with van der Waals surface area (Å²) in [7, 11) is 1.83. The van der Waals surface area contributed by atoms with Crippen molar-refractivity contribution in [3.8, 4) is 0 Å². The molecule has 1 saturated heterocycles. The van der Waals surface area contributed by atoms with Crippen molar-refractivity contribution < 1.29 is 24.0 Å². The highest BCUT2D eigenvalue weighted by molar-refractivity contribution is 5.93. The van der Waals surface area contributed by atoms with Gasteiger partial charge >= 0.3 is 6.09 Å². The molecule has 154 valence electrons. The predicted octanol–water partition coefficient (Wildman–Crippen LogP) is 0.0573. The van der Waals surface area contributed by atoms with Crippen molar-refractivity contribution in [2.75, 3.05) is 58.2 Å². The topological polar surface area (TPSA) is 83.4 Å². The first-order chi connectivity index (χ1) is 13.3. The molecule has 1 heterocycles. The molecule has 8 heteroatoms. The van der Waals surface area contributed by atoms with Gasteiger partial charge in [-0.1, -0.05) is 18.2 Å². The van der Waals surface area contributed by atoms with Crippen LogP contribution in [0.5, 0.6) is 0 Å². The van der Waals surface area contributed by atoms with Crippen molar-refractivity contribution in [2.24, 2.45) is 0 Å². The molecule has 3 amide bonds. The van der Waals surface area contributed by atoms with Crippen LogP contribution in [0.25, 0.3) is 0 Å². The summed E-state index contributed by atoms with van der Waals surface area (Å²) in [5.41, 5.74) is 2.87. The average Bonchev–Trinajstić information content (AvgIpc) is 2.65. The SMILES string of the molecule is CCOC(=O)N1CCN(C(=O)C[NH+](C)CC(=O)Nc2c(C)cccc2C)CC1. The molecular formula is C20H31N4O4+. The monoisotopic (exact) mass is 391 g/mol. The number of aryl methyl sites for hydroxylation is 2. The van der Waals surface area contributed by atoms with Gasteiger partial charge in [-0.25, -0.2) is 4.79 Å². The number of carbonyl (C=O) groups is 3. The molecule has 28 heavy (non-hydrogen) atoms. The van der Waals surface area contributed by atoms with Crippen molar-refractivity contribution in [3.05, 3.63) is 29.3 Å². The van der Waals surface area contributed by atoms with E-state index in [9.17, 15) is 14.4 Å². The quantitative estimate of drug-likeness (QED) is 0.718. The number of anilines is 1. The molecule has 1 aromatic rings. The van der Waals surface area contributed by atoms with Crippen LogP contribution < -0.4 is 10.2 Å². The molecule has 2 N–H and O–H groups in total. The zero-order valence-corrected chi connectivity index (χ0v) is 17.2. The van der Waals surface area contributed by atoms with Gasteiger partial charge in [0, 0.05) is 31.9 Å². The number of ether oxygens (including phenoxy) is 1. The number of carbonyl (C=O) groups excluding carboxylic acids is 3. The molecule has 8 nitrogen and oxygen atoms in total. The molecule has 1 unspecified atom stereocenters. The molecule has 0 radical (unpaired) electrons. The lowest BCUT2D eigenvalue weighted by Gasteiger charge is -2.34. The Morgan fingerprint density at radius 2 is 1.61 bits per heavy atom. The molecule has 0 aliphatic carbocycles. The van der Waals surface area contributed by atoms with Crippen molar-refractivity contribution in [1.82, 2.24) is 9.80 Å². The summed E-state index contributed by atoms with van der Waals surface area (Å²) in [6, 6.07) is 5.87. The molecule has 1 aromatic carbocycles. The molecule has 1 atom stereocenters. The van der Waals surface area contributed by atoms with Gasteiger partial charge in [-0.15, -0.1) is 0 Å². The van der Waals surface area contributed by atoms with Crippen molar-refractivity contribution in [1.29, 1.82) is 0 Å². The van der Waals surface area contributed by atoms with Crippen LogP contribution in [0.4, 0.5) is 10.5 Å². The molecule has 1 aliphatic rings. The maximum absolute atomic E-state index is 12.5. The number of piperazine rings is 1. The third kappa shape index (κ3) is 5.95. The summed E-state index contributed by atoms with van der Waals surface area (Å²) >= 11 is 0. The predicted molar refractivity (Wildman–Crippen MR) is 106 cm³/mol. The minimum atomic E-state index is -0.333.